The number of rotatable bonds is 4. The largest absolute Gasteiger partial charge is 0.365 e. The summed E-state index contributed by atoms with van der Waals surface area (Å²) in [6.45, 7) is 3.42. The van der Waals surface area contributed by atoms with Crippen LogP contribution in [-0.2, 0) is 5.41 Å². The first-order valence-corrected chi connectivity index (χ1v) is 6.75. The van der Waals surface area contributed by atoms with E-state index in [1.54, 1.807) is 13.8 Å². The Labute approximate surface area is 132 Å². The first kappa shape index (κ1) is 16.4. The lowest BCUT2D eigenvalue weighted by atomic mass is 9.86. The molecular weight excluding hydrogens is 300 g/mol. The highest BCUT2D eigenvalue weighted by Crippen LogP contribution is 2.30. The molecule has 6 heteroatoms. The number of hydrogen-bond donors (Lipinski definition) is 2. The van der Waals surface area contributed by atoms with Crippen LogP contribution in [0.5, 0.6) is 0 Å². The molecule has 0 aliphatic rings. The fourth-order valence-electron chi connectivity index (χ4n) is 2.09. The van der Waals surface area contributed by atoms with Gasteiger partial charge in [-0.15, -0.1) is 6.42 Å². The van der Waals surface area contributed by atoms with Gasteiger partial charge in [0.05, 0.1) is 28.0 Å². The minimum Gasteiger partial charge on any atom is -0.365 e. The number of benzene rings is 1. The van der Waals surface area contributed by atoms with Crippen LogP contribution in [0.1, 0.15) is 29.9 Å². The van der Waals surface area contributed by atoms with Crippen LogP contribution in [0.25, 0.3) is 0 Å². The number of hydrogen-bond acceptors (Lipinski definition) is 3. The Balaban J connectivity index is 2.57. The standard InChI is InChI=1S/C17H15F2N3O/c1-4-17(2,3)15-14(16(20)23)13(7-8-21-15)22-12-6-5-10(18)9-11(12)19/h1,5-9H,2-3H3,(H2,20,23)(H,21,22). The fraction of sp³-hybridized carbons (Fsp3) is 0.176. The molecule has 0 aliphatic carbocycles. The molecular formula is C17H15F2N3O. The van der Waals surface area contributed by atoms with E-state index in [0.29, 0.717) is 5.69 Å². The minimum absolute atomic E-state index is 0.00423. The van der Waals surface area contributed by atoms with Crippen LogP contribution in [-0.4, -0.2) is 10.9 Å². The number of carbonyl (C=O) groups is 1. The van der Waals surface area contributed by atoms with Gasteiger partial charge in [0.1, 0.15) is 11.6 Å². The molecule has 0 spiro atoms. The SMILES string of the molecule is C#CC(C)(C)c1nccc(Nc2ccc(F)cc2F)c1C(N)=O. The number of nitrogens with two attached hydrogens (primary N) is 1. The third-order valence-electron chi connectivity index (χ3n) is 3.35. The van der Waals surface area contributed by atoms with Crippen molar-refractivity contribution in [3.05, 3.63) is 53.4 Å². The molecule has 1 aromatic carbocycles. The van der Waals surface area contributed by atoms with Gasteiger partial charge in [-0.25, -0.2) is 8.78 Å². The Morgan fingerprint density at radius 1 is 1.30 bits per heavy atom. The Hall–Kier alpha value is -2.94. The molecule has 0 atom stereocenters. The molecule has 3 N–H and O–H groups in total. The highest BCUT2D eigenvalue weighted by atomic mass is 19.1. The molecule has 0 unspecified atom stereocenters. The van der Waals surface area contributed by atoms with E-state index in [1.165, 1.54) is 18.3 Å². The van der Waals surface area contributed by atoms with Gasteiger partial charge in [-0.05, 0) is 32.0 Å². The monoisotopic (exact) mass is 315 g/mol. The normalized spacial score (nSPS) is 10.9. The van der Waals surface area contributed by atoms with Gasteiger partial charge in [0.25, 0.3) is 5.91 Å². The number of aromatic nitrogens is 1. The zero-order valence-corrected chi connectivity index (χ0v) is 12.7. The number of terminal acetylenes is 1. The minimum atomic E-state index is -0.844. The maximum atomic E-state index is 13.8. The number of pyridine rings is 1. The second-order valence-corrected chi connectivity index (χ2v) is 5.46. The molecule has 0 fully saturated rings. The van der Waals surface area contributed by atoms with E-state index in [-0.39, 0.29) is 16.9 Å². The van der Waals surface area contributed by atoms with Crippen molar-refractivity contribution in [2.45, 2.75) is 19.3 Å². The molecule has 23 heavy (non-hydrogen) atoms. The summed E-state index contributed by atoms with van der Waals surface area (Å²) in [6, 6.07) is 4.53. The Morgan fingerprint density at radius 3 is 2.57 bits per heavy atom. The third-order valence-corrected chi connectivity index (χ3v) is 3.35. The molecule has 2 rings (SSSR count). The predicted molar refractivity (Wildman–Crippen MR) is 84.3 cm³/mol. The number of carbonyl (C=O) groups excluding carboxylic acids is 1. The van der Waals surface area contributed by atoms with E-state index in [0.717, 1.165) is 12.1 Å². The second-order valence-electron chi connectivity index (χ2n) is 5.46. The summed E-state index contributed by atoms with van der Waals surface area (Å²) in [6.07, 6.45) is 6.92. The van der Waals surface area contributed by atoms with E-state index in [1.807, 2.05) is 0 Å². The molecule has 1 heterocycles. The first-order chi connectivity index (χ1) is 10.8. The van der Waals surface area contributed by atoms with E-state index in [9.17, 15) is 13.6 Å². The highest BCUT2D eigenvalue weighted by molar-refractivity contribution is 6.00. The van der Waals surface area contributed by atoms with Crippen molar-refractivity contribution in [3.63, 3.8) is 0 Å². The van der Waals surface area contributed by atoms with Crippen molar-refractivity contribution < 1.29 is 13.6 Å². The van der Waals surface area contributed by atoms with Crippen molar-refractivity contribution in [1.82, 2.24) is 4.98 Å². The first-order valence-electron chi connectivity index (χ1n) is 6.75. The van der Waals surface area contributed by atoms with Gasteiger partial charge in [-0.1, -0.05) is 5.92 Å². The number of nitrogens with zero attached hydrogens (tertiary/aromatic N) is 1. The molecule has 0 bridgehead atoms. The number of primary amides is 1. The van der Waals surface area contributed by atoms with Gasteiger partial charge in [-0.2, -0.15) is 0 Å². The van der Waals surface area contributed by atoms with Crippen molar-refractivity contribution in [2.75, 3.05) is 5.32 Å². The molecule has 1 amide bonds. The number of halogens is 2. The van der Waals surface area contributed by atoms with Gasteiger partial charge in [0.2, 0.25) is 0 Å². The van der Waals surface area contributed by atoms with Crippen LogP contribution in [0.2, 0.25) is 0 Å². The van der Waals surface area contributed by atoms with Gasteiger partial charge in [0, 0.05) is 12.3 Å². The summed E-state index contributed by atoms with van der Waals surface area (Å²) >= 11 is 0. The van der Waals surface area contributed by atoms with Crippen LogP contribution in [0.4, 0.5) is 20.2 Å². The molecule has 1 aromatic heterocycles. The van der Waals surface area contributed by atoms with Crippen LogP contribution in [0, 0.1) is 24.0 Å². The summed E-state index contributed by atoms with van der Waals surface area (Å²) in [5.41, 5.74) is 5.22. The lowest BCUT2D eigenvalue weighted by Gasteiger charge is -2.21. The van der Waals surface area contributed by atoms with E-state index in [4.69, 9.17) is 12.2 Å². The van der Waals surface area contributed by atoms with Crippen molar-refractivity contribution >= 4 is 17.3 Å². The maximum Gasteiger partial charge on any atom is 0.252 e. The highest BCUT2D eigenvalue weighted by Gasteiger charge is 2.27. The molecule has 0 saturated heterocycles. The lowest BCUT2D eigenvalue weighted by Crippen LogP contribution is -2.25. The number of anilines is 2. The summed E-state index contributed by atoms with van der Waals surface area (Å²) < 4.78 is 26.8. The Bertz CT molecular complexity index is 810. The van der Waals surface area contributed by atoms with E-state index >= 15 is 0 Å². The van der Waals surface area contributed by atoms with Crippen molar-refractivity contribution in [3.8, 4) is 12.3 Å². The molecule has 4 nitrogen and oxygen atoms in total. The summed E-state index contributed by atoms with van der Waals surface area (Å²) in [5, 5.41) is 2.73. The van der Waals surface area contributed by atoms with Gasteiger partial charge >= 0.3 is 0 Å². The topological polar surface area (TPSA) is 68.0 Å². The predicted octanol–water partition coefficient (Wildman–Crippen LogP) is 3.11. The molecule has 0 saturated carbocycles. The zero-order chi connectivity index (χ0) is 17.2. The van der Waals surface area contributed by atoms with Crippen LogP contribution < -0.4 is 11.1 Å². The zero-order valence-electron chi connectivity index (χ0n) is 12.7. The van der Waals surface area contributed by atoms with Gasteiger partial charge in [0.15, 0.2) is 0 Å². The second kappa shape index (κ2) is 6.05. The summed E-state index contributed by atoms with van der Waals surface area (Å²) in [4.78, 5) is 16.0. The van der Waals surface area contributed by atoms with Crippen LogP contribution in [0.15, 0.2) is 30.5 Å². The average molecular weight is 315 g/mol. The van der Waals surface area contributed by atoms with Crippen molar-refractivity contribution in [2.24, 2.45) is 5.73 Å². The molecule has 0 aliphatic heterocycles. The Morgan fingerprint density at radius 2 is 2.00 bits per heavy atom. The molecule has 0 radical (unpaired) electrons. The van der Waals surface area contributed by atoms with E-state index < -0.39 is 23.0 Å². The quantitative estimate of drug-likeness (QED) is 0.852. The maximum absolute atomic E-state index is 13.8. The average Bonchev–Trinajstić information content (AvgIpc) is 2.49. The van der Waals surface area contributed by atoms with Crippen LogP contribution >= 0.6 is 0 Å². The van der Waals surface area contributed by atoms with E-state index in [2.05, 4.69) is 16.2 Å². The summed E-state index contributed by atoms with van der Waals surface area (Å²) in [7, 11) is 0. The third kappa shape index (κ3) is 3.29. The van der Waals surface area contributed by atoms with Crippen molar-refractivity contribution in [1.29, 1.82) is 0 Å². The van der Waals surface area contributed by atoms with Gasteiger partial charge < -0.3 is 11.1 Å². The molecule has 2 aromatic rings. The number of nitrogens with one attached hydrogen (secondary N) is 1. The fourth-order valence-corrected chi connectivity index (χ4v) is 2.09. The van der Waals surface area contributed by atoms with Gasteiger partial charge in [-0.3, -0.25) is 9.78 Å². The number of amides is 1. The molecule has 118 valence electrons. The smallest absolute Gasteiger partial charge is 0.252 e. The lowest BCUT2D eigenvalue weighted by molar-refractivity contribution is 0.0999. The summed E-state index contributed by atoms with van der Waals surface area (Å²) in [5.74, 6) is 0.294. The Kier molecular flexibility index (Phi) is 4.32. The van der Waals surface area contributed by atoms with Crippen LogP contribution in [0.3, 0.4) is 0 Å².